The van der Waals surface area contributed by atoms with Gasteiger partial charge in [-0.3, -0.25) is 14.4 Å². The molecular formula is C53H89N3O39. The predicted octanol–water partition coefficient (Wildman–Crippen LogP) is -16.4. The maximum Gasteiger partial charge on any atom is 0.217 e. The van der Waals surface area contributed by atoms with Crippen LogP contribution in [0.1, 0.15) is 27.7 Å². The average molecular weight is 1390 g/mol. The highest BCUT2D eigenvalue weighted by molar-refractivity contribution is 5.74. The van der Waals surface area contributed by atoms with Gasteiger partial charge in [-0.2, -0.15) is 0 Å². The van der Waals surface area contributed by atoms with Gasteiger partial charge in [-0.15, -0.1) is 0 Å². The van der Waals surface area contributed by atoms with Gasteiger partial charge in [0.25, 0.3) is 0 Å². The lowest BCUT2D eigenvalue weighted by molar-refractivity contribution is -0.405. The second kappa shape index (κ2) is 33.6. The Balaban J connectivity index is 1.13. The molecule has 0 bridgehead atoms. The van der Waals surface area contributed by atoms with Gasteiger partial charge >= 0.3 is 0 Å². The van der Waals surface area contributed by atoms with Gasteiger partial charge in [0.2, 0.25) is 17.7 Å². The molecule has 0 aliphatic carbocycles. The van der Waals surface area contributed by atoms with E-state index in [-0.39, 0.29) is 0 Å². The van der Waals surface area contributed by atoms with Crippen molar-refractivity contribution in [1.29, 1.82) is 0 Å². The first kappa shape index (κ1) is 77.7. The predicted molar refractivity (Wildman–Crippen MR) is 292 cm³/mol. The van der Waals surface area contributed by atoms with Crippen molar-refractivity contribution in [2.75, 3.05) is 46.2 Å². The van der Waals surface area contributed by atoms with E-state index in [0.29, 0.717) is 0 Å². The molecule has 42 heteroatoms. The SMILES string of the molecule is CC(=O)N[C@H]1[C@H](O[C@H]2[C@H](O[C@@H]3O[C@@H](C)[C@@H](O)[C@@H](O)[C@@H]3O)[C@@H](NC(C)=O)C(O)O[C@@H]2CO)O[C@H](CO)[C@@H](O[C@@H]2O[C@H](CO[C@H]3O[C@H](CO)[C@@H](O[C@@H]4O[C@H](CO)[C@@H](O)[C@H](O)[C@H]4NC(C)=O)[C@H](O)[C@@H]3O)[C@@H](O)[C@H](O[C@H]3O[C@H](CO)[C@@H](O)[C@H](O)[C@@H]3O)[C@@H]2O[C@@H]2OC[C@@H](O)[C@H](O)[C@H]2O)[C@@H]1O. The minimum atomic E-state index is -2.36. The molecule has 8 saturated heterocycles. The topological polar surface area (TPSA) is 651 Å². The van der Waals surface area contributed by atoms with Crippen molar-refractivity contribution in [3.8, 4) is 0 Å². The molecule has 8 fully saturated rings. The Hall–Kier alpha value is -3.03. The van der Waals surface area contributed by atoms with E-state index >= 15 is 0 Å². The first-order chi connectivity index (χ1) is 44.9. The molecule has 1 unspecified atom stereocenters. The molecule has 42 nitrogen and oxygen atoms in total. The number of nitrogens with one attached hydrogen (secondary N) is 3. The van der Waals surface area contributed by atoms with Crippen LogP contribution in [0.25, 0.3) is 0 Å². The first-order valence-corrected chi connectivity index (χ1v) is 30.4. The fourth-order valence-electron chi connectivity index (χ4n) is 12.2. The van der Waals surface area contributed by atoms with E-state index < -0.39 is 303 Å². The highest BCUT2D eigenvalue weighted by Gasteiger charge is 2.60. The normalized spacial score (nSPS) is 49.9. The van der Waals surface area contributed by atoms with Crippen LogP contribution in [-0.2, 0) is 85.4 Å². The van der Waals surface area contributed by atoms with Crippen molar-refractivity contribution in [3.05, 3.63) is 0 Å². The summed E-state index contributed by atoms with van der Waals surface area (Å²) in [6.45, 7) is -2.76. The van der Waals surface area contributed by atoms with E-state index in [0.717, 1.165) is 20.8 Å². The molecule has 0 aromatic heterocycles. The van der Waals surface area contributed by atoms with Crippen LogP contribution in [0.4, 0.5) is 0 Å². The summed E-state index contributed by atoms with van der Waals surface area (Å²) in [5.41, 5.74) is 0. The summed E-state index contributed by atoms with van der Waals surface area (Å²) in [4.78, 5) is 37.9. The number of carbonyl (C=O) groups excluding carboxylic acids is 3. The summed E-state index contributed by atoms with van der Waals surface area (Å²) in [6.07, 6.45) is -71.3. The third-order valence-electron chi connectivity index (χ3n) is 17.4. The molecule has 0 spiro atoms. The molecule has 0 aromatic carbocycles. The standard InChI is InChI=1S/C53H89N3O39/c1-12-26(66)33(73)37(77)51(83-12)93-43-25(56-15(4)64)46(80)84-21(9-61)42(43)92-48-24(55-14(3)63)32(72)40(19(7-59)87-48)91-53-45(95-50-36(76)27(67)16(65)10-81-50)44(94-52-38(78)34(74)29(69)18(6-58)86-52)30(70)22(89-53)11-82-49-39(79)35(75)41(20(8-60)88-49)90-47-23(54-13(2)62)31(71)28(68)17(5-57)85-47/h12,16-53,57-61,65-80H,5-11H2,1-4H3,(H,54,62)(H,55,63)(H,56,64)/t12-,16+,17+,18+,19+,20+,21+,22+,23+,24+,25+,26+,27-,28+,29+,30+,31+,32+,33+,34-,35+,36+,37-,38-,39-,40+,41+,42+,43+,44-,45-,46?,47-,48-,49-,50-,51-,52+,53-/m0/s1. The van der Waals surface area contributed by atoms with E-state index in [1.807, 2.05) is 0 Å². The quantitative estimate of drug-likeness (QED) is 0.0452. The number of hydrogen-bond acceptors (Lipinski definition) is 39. The molecule has 39 atom stereocenters. The van der Waals surface area contributed by atoms with Gasteiger partial charge in [-0.1, -0.05) is 0 Å². The molecule has 8 heterocycles. The fraction of sp³-hybridized carbons (Fsp3) is 0.943. The molecule has 550 valence electrons. The number of rotatable bonds is 23. The minimum Gasteiger partial charge on any atom is -0.394 e. The van der Waals surface area contributed by atoms with Crippen LogP contribution in [-0.4, -0.2) is 411 Å². The lowest BCUT2D eigenvalue weighted by atomic mass is 9.93. The van der Waals surface area contributed by atoms with Crippen molar-refractivity contribution in [1.82, 2.24) is 16.0 Å². The molecule has 0 radical (unpaired) electrons. The summed E-state index contributed by atoms with van der Waals surface area (Å²) in [5, 5.41) is 238. The molecule has 95 heavy (non-hydrogen) atoms. The van der Waals surface area contributed by atoms with E-state index in [2.05, 4.69) is 16.0 Å². The van der Waals surface area contributed by atoms with Gasteiger partial charge in [-0.25, -0.2) is 0 Å². The third kappa shape index (κ3) is 17.1. The summed E-state index contributed by atoms with van der Waals surface area (Å²) in [6, 6.07) is -5.26. The number of amides is 3. The Bertz CT molecular complexity index is 2440. The smallest absolute Gasteiger partial charge is 0.217 e. The van der Waals surface area contributed by atoms with Crippen LogP contribution in [0.5, 0.6) is 0 Å². The van der Waals surface area contributed by atoms with E-state index in [1.54, 1.807) is 0 Å². The Kier molecular flexibility index (Phi) is 27.5. The van der Waals surface area contributed by atoms with Crippen molar-refractivity contribution in [2.45, 2.75) is 267 Å². The number of ether oxygens (including phenoxy) is 15. The lowest BCUT2D eigenvalue weighted by Gasteiger charge is -2.52. The fourth-order valence-corrected chi connectivity index (χ4v) is 12.2. The van der Waals surface area contributed by atoms with Crippen molar-refractivity contribution < 1.29 is 193 Å². The highest BCUT2D eigenvalue weighted by atomic mass is 16.8. The van der Waals surface area contributed by atoms with E-state index in [1.165, 1.54) is 6.92 Å². The van der Waals surface area contributed by atoms with E-state index in [9.17, 15) is 122 Å². The average Bonchev–Trinajstić information content (AvgIpc) is 0.771. The van der Waals surface area contributed by atoms with Gasteiger partial charge in [0.1, 0.15) is 183 Å². The van der Waals surface area contributed by atoms with Crippen LogP contribution in [0.2, 0.25) is 0 Å². The molecule has 0 saturated carbocycles. The summed E-state index contributed by atoms with van der Waals surface area (Å²) < 4.78 is 88.9. The Morgan fingerprint density at radius 1 is 0.337 bits per heavy atom. The number of aliphatic hydroxyl groups is 21. The zero-order valence-electron chi connectivity index (χ0n) is 51.2. The van der Waals surface area contributed by atoms with Gasteiger partial charge in [-0.05, 0) is 6.92 Å². The summed E-state index contributed by atoms with van der Waals surface area (Å²) in [5.74, 6) is -2.53. The van der Waals surface area contributed by atoms with Gasteiger partial charge in [0, 0.05) is 20.8 Å². The van der Waals surface area contributed by atoms with E-state index in [4.69, 9.17) is 71.1 Å². The zero-order chi connectivity index (χ0) is 69.9. The maximum atomic E-state index is 13.1. The largest absolute Gasteiger partial charge is 0.394 e. The highest BCUT2D eigenvalue weighted by Crippen LogP contribution is 2.39. The molecular weight excluding hydrogens is 1300 g/mol. The van der Waals surface area contributed by atoms with Gasteiger partial charge in [0.15, 0.2) is 50.3 Å². The molecule has 3 amide bonds. The molecule has 8 aliphatic heterocycles. The van der Waals surface area contributed by atoms with Crippen LogP contribution >= 0.6 is 0 Å². The molecule has 8 aliphatic rings. The zero-order valence-corrected chi connectivity index (χ0v) is 51.2. The van der Waals surface area contributed by atoms with Gasteiger partial charge < -0.3 is 194 Å². The van der Waals surface area contributed by atoms with Gasteiger partial charge in [0.05, 0.1) is 52.4 Å². The number of carbonyl (C=O) groups is 3. The van der Waals surface area contributed by atoms with Crippen LogP contribution in [0.3, 0.4) is 0 Å². The summed E-state index contributed by atoms with van der Waals surface area (Å²) >= 11 is 0. The second-order valence-corrected chi connectivity index (χ2v) is 24.2. The molecule has 8 rings (SSSR count). The van der Waals surface area contributed by atoms with Crippen molar-refractivity contribution in [2.24, 2.45) is 0 Å². The molecule has 0 aromatic rings. The number of aliphatic hydroxyl groups excluding tert-OH is 21. The van der Waals surface area contributed by atoms with Crippen molar-refractivity contribution in [3.63, 3.8) is 0 Å². The Morgan fingerprint density at radius 3 is 1.31 bits per heavy atom. The Labute approximate surface area is 538 Å². The molecule has 24 N–H and O–H groups in total. The Morgan fingerprint density at radius 2 is 0.737 bits per heavy atom. The maximum absolute atomic E-state index is 13.1. The lowest BCUT2D eigenvalue weighted by Crippen LogP contribution is -2.71. The van der Waals surface area contributed by atoms with Crippen LogP contribution in [0.15, 0.2) is 0 Å². The van der Waals surface area contributed by atoms with Crippen LogP contribution in [0, 0.1) is 0 Å². The summed E-state index contributed by atoms with van der Waals surface area (Å²) in [7, 11) is 0. The number of hydrogen-bond donors (Lipinski definition) is 24. The van der Waals surface area contributed by atoms with Crippen molar-refractivity contribution >= 4 is 17.7 Å². The monoisotopic (exact) mass is 1390 g/mol. The first-order valence-electron chi connectivity index (χ1n) is 30.4. The minimum absolute atomic E-state index is 0.757. The second-order valence-electron chi connectivity index (χ2n) is 24.2. The third-order valence-corrected chi connectivity index (χ3v) is 17.4. The van der Waals surface area contributed by atoms with Crippen LogP contribution < -0.4 is 16.0 Å².